The number of benzene rings is 7. The lowest BCUT2D eigenvalue weighted by molar-refractivity contribution is 1.12. The predicted molar refractivity (Wildman–Crippen MR) is 195 cm³/mol. The zero-order valence-corrected chi connectivity index (χ0v) is 25.8. The molecule has 0 amide bonds. The van der Waals surface area contributed by atoms with E-state index in [9.17, 15) is 0 Å². The maximum absolute atomic E-state index is 3.95. The smallest absolute Gasteiger partial charge is 0.103 e. The lowest BCUT2D eigenvalue weighted by Gasteiger charge is -2.14. The highest BCUT2D eigenvalue weighted by molar-refractivity contribution is 8.00. The number of aromatic nitrogens is 1. The molecule has 1 atom stereocenters. The van der Waals surface area contributed by atoms with Crippen LogP contribution in [-0.2, 0) is 0 Å². The number of fused-ring (bicyclic) bond motifs is 10. The number of anilines is 1. The second-order valence-electron chi connectivity index (χ2n) is 11.7. The number of para-hydroxylation sites is 1. The molecule has 4 heteroatoms. The molecule has 0 aliphatic carbocycles. The number of nitrogens with zero attached hydrogens (tertiary/aromatic N) is 1. The topological polar surface area (TPSA) is 17.0 Å². The third-order valence-corrected chi connectivity index (χ3v) is 11.6. The summed E-state index contributed by atoms with van der Waals surface area (Å²) in [5, 5.41) is 11.9. The van der Waals surface area contributed by atoms with Crippen LogP contribution in [-0.4, -0.2) is 4.57 Å². The molecule has 0 radical (unpaired) electrons. The van der Waals surface area contributed by atoms with Crippen molar-refractivity contribution in [2.45, 2.75) is 10.3 Å². The van der Waals surface area contributed by atoms with E-state index in [1.54, 1.807) is 0 Å². The van der Waals surface area contributed by atoms with Crippen molar-refractivity contribution in [1.82, 2.24) is 4.57 Å². The summed E-state index contributed by atoms with van der Waals surface area (Å²) in [5.74, 6) is 0. The number of rotatable bonds is 3. The molecular weight excluding hydrogens is 585 g/mol. The fraction of sp³-hybridized carbons (Fsp3) is 0.0244. The van der Waals surface area contributed by atoms with Crippen LogP contribution in [0, 0.1) is 0 Å². The van der Waals surface area contributed by atoms with E-state index in [1.807, 2.05) is 23.1 Å². The highest BCUT2D eigenvalue weighted by Crippen LogP contribution is 2.55. The van der Waals surface area contributed by atoms with Crippen molar-refractivity contribution >= 4 is 81.5 Å². The Bertz CT molecular complexity index is 2590. The summed E-state index contributed by atoms with van der Waals surface area (Å²) >= 11 is 3.82. The first-order valence-electron chi connectivity index (χ1n) is 15.3. The summed E-state index contributed by atoms with van der Waals surface area (Å²) in [5.41, 5.74) is 8.77. The van der Waals surface area contributed by atoms with E-state index in [4.69, 9.17) is 0 Å². The minimum absolute atomic E-state index is 0.143. The second kappa shape index (κ2) is 9.73. The molecule has 0 fully saturated rings. The van der Waals surface area contributed by atoms with Gasteiger partial charge in [-0.05, 0) is 58.3 Å². The first-order chi connectivity index (χ1) is 22.3. The van der Waals surface area contributed by atoms with Crippen molar-refractivity contribution in [3.05, 3.63) is 151 Å². The van der Waals surface area contributed by atoms with Gasteiger partial charge < -0.3 is 9.88 Å². The van der Waals surface area contributed by atoms with Gasteiger partial charge in [0.25, 0.3) is 0 Å². The van der Waals surface area contributed by atoms with Gasteiger partial charge >= 0.3 is 0 Å². The van der Waals surface area contributed by atoms with E-state index in [0.29, 0.717) is 0 Å². The van der Waals surface area contributed by atoms with Gasteiger partial charge in [-0.3, -0.25) is 0 Å². The average Bonchev–Trinajstić information content (AvgIpc) is 3.80. The SMILES string of the molecule is c1ccc(-c2cc3c(c4c2sc2ccccc24)NC(c2ccc(-n4c5ccccc5c5c6ccccc6ccc54)cc2)S3)cc1. The Morgan fingerprint density at radius 2 is 1.31 bits per heavy atom. The first kappa shape index (κ1) is 25.3. The molecule has 1 aliphatic rings. The standard InChI is InChI=1S/C41H26N2S2/c1-2-10-25(11-3-1)32-24-36-39(38-31-15-7-9-17-35(31)44-40(32)38)42-41(45-36)27-18-21-28(22-19-27)43-33-16-8-6-14-30(33)37-29-13-5-4-12-26(29)20-23-34(37)43/h1-24,41-42H. The Balaban J connectivity index is 1.09. The summed E-state index contributed by atoms with van der Waals surface area (Å²) in [4.78, 5) is 1.31. The van der Waals surface area contributed by atoms with Crippen molar-refractivity contribution in [1.29, 1.82) is 0 Å². The molecular formula is C41H26N2S2. The van der Waals surface area contributed by atoms with Crippen molar-refractivity contribution in [3.63, 3.8) is 0 Å². The maximum Gasteiger partial charge on any atom is 0.103 e. The fourth-order valence-corrected chi connectivity index (χ4v) is 9.63. The summed E-state index contributed by atoms with van der Waals surface area (Å²) < 4.78 is 5.10. The highest BCUT2D eigenvalue weighted by atomic mass is 32.2. The molecule has 3 heterocycles. The normalized spacial score (nSPS) is 14.5. The van der Waals surface area contributed by atoms with E-state index in [1.165, 1.54) is 85.7 Å². The molecule has 2 aromatic heterocycles. The van der Waals surface area contributed by atoms with Gasteiger partial charge in [0.1, 0.15) is 5.37 Å². The van der Waals surface area contributed by atoms with Crippen LogP contribution in [0.1, 0.15) is 10.9 Å². The van der Waals surface area contributed by atoms with E-state index in [-0.39, 0.29) is 5.37 Å². The molecule has 212 valence electrons. The molecule has 0 saturated carbocycles. The minimum Gasteiger partial charge on any atom is -0.368 e. The maximum atomic E-state index is 3.95. The Hall–Kier alpha value is -5.03. The second-order valence-corrected chi connectivity index (χ2v) is 13.9. The summed E-state index contributed by atoms with van der Waals surface area (Å²) in [6.07, 6.45) is 0. The van der Waals surface area contributed by atoms with E-state index in [2.05, 4.69) is 155 Å². The number of hydrogen-bond donors (Lipinski definition) is 1. The Morgan fingerprint density at radius 1 is 0.578 bits per heavy atom. The van der Waals surface area contributed by atoms with E-state index < -0.39 is 0 Å². The summed E-state index contributed by atoms with van der Waals surface area (Å²) in [6.45, 7) is 0. The van der Waals surface area contributed by atoms with Crippen LogP contribution in [0.15, 0.2) is 150 Å². The van der Waals surface area contributed by atoms with Gasteiger partial charge in [0, 0.05) is 47.1 Å². The molecule has 1 aliphatic heterocycles. The number of nitrogens with one attached hydrogen (secondary N) is 1. The first-order valence-corrected chi connectivity index (χ1v) is 17.0. The third kappa shape index (κ3) is 3.76. The molecule has 1 unspecified atom stereocenters. The molecule has 2 nitrogen and oxygen atoms in total. The number of thiophene rings is 1. The molecule has 10 rings (SSSR count). The van der Waals surface area contributed by atoms with Crippen LogP contribution in [0.4, 0.5) is 5.69 Å². The van der Waals surface area contributed by atoms with Gasteiger partial charge in [-0.2, -0.15) is 0 Å². The van der Waals surface area contributed by atoms with Crippen LogP contribution >= 0.6 is 23.1 Å². The van der Waals surface area contributed by atoms with Crippen molar-refractivity contribution in [3.8, 4) is 16.8 Å². The summed E-state index contributed by atoms with van der Waals surface area (Å²) in [6, 6.07) is 53.2. The minimum atomic E-state index is 0.143. The van der Waals surface area contributed by atoms with Gasteiger partial charge in [0.2, 0.25) is 0 Å². The van der Waals surface area contributed by atoms with Crippen molar-refractivity contribution in [2.24, 2.45) is 0 Å². The Morgan fingerprint density at radius 3 is 2.18 bits per heavy atom. The molecule has 1 N–H and O–H groups in total. The lowest BCUT2D eigenvalue weighted by Crippen LogP contribution is -2.02. The van der Waals surface area contributed by atoms with Gasteiger partial charge in [0.15, 0.2) is 0 Å². The van der Waals surface area contributed by atoms with Crippen LogP contribution in [0.25, 0.3) is 69.6 Å². The summed E-state index contributed by atoms with van der Waals surface area (Å²) in [7, 11) is 0. The van der Waals surface area contributed by atoms with Gasteiger partial charge in [0.05, 0.1) is 16.7 Å². The van der Waals surface area contributed by atoms with E-state index >= 15 is 0 Å². The monoisotopic (exact) mass is 610 g/mol. The highest BCUT2D eigenvalue weighted by Gasteiger charge is 2.28. The third-order valence-electron chi connectivity index (χ3n) is 9.23. The van der Waals surface area contributed by atoms with Gasteiger partial charge in [-0.1, -0.05) is 121 Å². The molecule has 0 bridgehead atoms. The number of thioether (sulfide) groups is 1. The van der Waals surface area contributed by atoms with Crippen molar-refractivity contribution < 1.29 is 0 Å². The number of hydrogen-bond acceptors (Lipinski definition) is 3. The quantitative estimate of drug-likeness (QED) is 0.214. The fourth-order valence-electron chi connectivity index (χ4n) is 7.20. The molecule has 7 aromatic carbocycles. The molecule has 0 saturated heterocycles. The lowest BCUT2D eigenvalue weighted by atomic mass is 10.0. The van der Waals surface area contributed by atoms with Crippen LogP contribution in [0.2, 0.25) is 0 Å². The van der Waals surface area contributed by atoms with E-state index in [0.717, 1.165) is 0 Å². The Kier molecular flexibility index (Phi) is 5.48. The zero-order valence-electron chi connectivity index (χ0n) is 24.2. The predicted octanol–water partition coefficient (Wildman–Crippen LogP) is 12.2. The van der Waals surface area contributed by atoms with Crippen molar-refractivity contribution in [2.75, 3.05) is 5.32 Å². The molecule has 45 heavy (non-hydrogen) atoms. The van der Waals surface area contributed by atoms with Gasteiger partial charge in [-0.15, -0.1) is 11.3 Å². The molecule has 0 spiro atoms. The average molecular weight is 611 g/mol. The Labute approximate surface area is 268 Å². The van der Waals surface area contributed by atoms with Gasteiger partial charge in [-0.25, -0.2) is 0 Å². The molecule has 9 aromatic rings. The van der Waals surface area contributed by atoms with Crippen LogP contribution in [0.5, 0.6) is 0 Å². The largest absolute Gasteiger partial charge is 0.368 e. The van der Waals surface area contributed by atoms with Crippen LogP contribution < -0.4 is 5.32 Å². The van der Waals surface area contributed by atoms with Crippen LogP contribution in [0.3, 0.4) is 0 Å². The zero-order chi connectivity index (χ0) is 29.5.